The lowest BCUT2D eigenvalue weighted by Gasteiger charge is -2.17. The molecule has 0 spiro atoms. The first kappa shape index (κ1) is 21.7. The second kappa shape index (κ2) is 11.3. The molecule has 0 aliphatic carbocycles. The Labute approximate surface area is 158 Å². The van der Waals surface area contributed by atoms with Crippen molar-refractivity contribution in [3.05, 3.63) is 35.4 Å². The van der Waals surface area contributed by atoms with Gasteiger partial charge in [-0.2, -0.15) is 0 Å². The average Bonchev–Trinajstić information content (AvgIpc) is 2.85. The highest BCUT2D eigenvalue weighted by molar-refractivity contribution is 6.21. The lowest BCUT2D eigenvalue weighted by molar-refractivity contribution is 0.0651. The average molecular weight is 367 g/mol. The zero-order valence-corrected chi connectivity index (χ0v) is 16.3. The molecule has 140 valence electrons. The molecule has 5 heteroatoms. The van der Waals surface area contributed by atoms with E-state index in [-0.39, 0.29) is 24.2 Å². The Morgan fingerprint density at radius 3 is 1.80 bits per heavy atom. The van der Waals surface area contributed by atoms with E-state index in [2.05, 4.69) is 18.7 Å². The number of carbonyl (C=O) groups excluding carboxylic acids is 2. The van der Waals surface area contributed by atoms with Crippen LogP contribution in [0.25, 0.3) is 0 Å². The molecule has 1 heterocycles. The van der Waals surface area contributed by atoms with Gasteiger partial charge in [-0.05, 0) is 44.6 Å². The van der Waals surface area contributed by atoms with Crippen LogP contribution in [0.15, 0.2) is 24.3 Å². The second-order valence-corrected chi connectivity index (χ2v) is 6.46. The van der Waals surface area contributed by atoms with Gasteiger partial charge in [0, 0.05) is 6.54 Å². The van der Waals surface area contributed by atoms with Crippen LogP contribution in [-0.4, -0.2) is 47.8 Å². The molecule has 2 rings (SSSR count). The van der Waals surface area contributed by atoms with Crippen LogP contribution in [0.3, 0.4) is 0 Å². The third kappa shape index (κ3) is 5.82. The molecule has 0 N–H and O–H groups in total. The molecule has 0 fully saturated rings. The molecule has 0 unspecified atom stereocenters. The van der Waals surface area contributed by atoms with Crippen LogP contribution in [-0.2, 0) is 0 Å². The molecule has 0 saturated heterocycles. The smallest absolute Gasteiger partial charge is 0.261 e. The number of amides is 2. The van der Waals surface area contributed by atoms with Crippen molar-refractivity contribution in [2.45, 2.75) is 52.4 Å². The van der Waals surface area contributed by atoms with Crippen molar-refractivity contribution in [3.8, 4) is 0 Å². The quantitative estimate of drug-likeness (QED) is 0.431. The molecular weight excluding hydrogens is 336 g/mol. The summed E-state index contributed by atoms with van der Waals surface area (Å²) < 4.78 is 0. The minimum absolute atomic E-state index is 0. The zero-order chi connectivity index (χ0) is 17.4. The summed E-state index contributed by atoms with van der Waals surface area (Å²) in [7, 11) is 0. The maximum absolute atomic E-state index is 12.2. The summed E-state index contributed by atoms with van der Waals surface area (Å²) in [5.74, 6) is -0.260. The molecule has 25 heavy (non-hydrogen) atoms. The third-order valence-electron chi connectivity index (χ3n) is 4.88. The summed E-state index contributed by atoms with van der Waals surface area (Å²) in [6.07, 6.45) is 6.94. The van der Waals surface area contributed by atoms with Gasteiger partial charge < -0.3 is 4.90 Å². The van der Waals surface area contributed by atoms with Crippen molar-refractivity contribution in [2.75, 3.05) is 26.2 Å². The number of halogens is 1. The first-order chi connectivity index (χ1) is 11.7. The molecule has 0 bridgehead atoms. The third-order valence-corrected chi connectivity index (χ3v) is 4.88. The summed E-state index contributed by atoms with van der Waals surface area (Å²) in [4.78, 5) is 28.3. The van der Waals surface area contributed by atoms with E-state index in [0.717, 1.165) is 25.9 Å². The van der Waals surface area contributed by atoms with Crippen molar-refractivity contribution in [2.24, 2.45) is 0 Å². The topological polar surface area (TPSA) is 40.6 Å². The van der Waals surface area contributed by atoms with Crippen molar-refractivity contribution in [3.63, 3.8) is 0 Å². The maximum Gasteiger partial charge on any atom is 0.261 e. The van der Waals surface area contributed by atoms with Crippen molar-refractivity contribution >= 4 is 24.2 Å². The molecule has 0 saturated carbocycles. The lowest BCUT2D eigenvalue weighted by Crippen LogP contribution is -2.30. The van der Waals surface area contributed by atoms with Gasteiger partial charge in [0.15, 0.2) is 0 Å². The summed E-state index contributed by atoms with van der Waals surface area (Å²) in [5, 5.41) is 0. The Hall–Kier alpha value is -1.39. The Morgan fingerprint density at radius 2 is 1.28 bits per heavy atom. The Balaban J connectivity index is 0.00000312. The highest BCUT2D eigenvalue weighted by Gasteiger charge is 2.34. The van der Waals surface area contributed by atoms with Crippen LogP contribution in [0.1, 0.15) is 73.1 Å². The van der Waals surface area contributed by atoms with E-state index in [4.69, 9.17) is 0 Å². The molecule has 1 aliphatic heterocycles. The minimum atomic E-state index is -0.130. The summed E-state index contributed by atoms with van der Waals surface area (Å²) >= 11 is 0. The van der Waals surface area contributed by atoms with Gasteiger partial charge in [0.1, 0.15) is 0 Å². The number of fused-ring (bicyclic) bond motifs is 1. The van der Waals surface area contributed by atoms with Crippen LogP contribution < -0.4 is 0 Å². The van der Waals surface area contributed by atoms with Crippen LogP contribution >= 0.6 is 12.4 Å². The van der Waals surface area contributed by atoms with Crippen molar-refractivity contribution < 1.29 is 9.59 Å². The number of unbranched alkanes of at least 4 members (excludes halogenated alkanes) is 5. The lowest BCUT2D eigenvalue weighted by atomic mass is 10.1. The molecule has 1 aliphatic rings. The largest absolute Gasteiger partial charge is 0.304 e. The van der Waals surface area contributed by atoms with Gasteiger partial charge in [-0.25, -0.2) is 0 Å². The minimum Gasteiger partial charge on any atom is -0.304 e. The number of benzene rings is 1. The van der Waals surface area contributed by atoms with E-state index in [1.807, 2.05) is 12.1 Å². The van der Waals surface area contributed by atoms with Gasteiger partial charge in [0.25, 0.3) is 11.8 Å². The van der Waals surface area contributed by atoms with E-state index >= 15 is 0 Å². The fourth-order valence-electron chi connectivity index (χ4n) is 3.29. The van der Waals surface area contributed by atoms with Gasteiger partial charge in [0.2, 0.25) is 0 Å². The number of nitrogens with zero attached hydrogens (tertiary/aromatic N) is 2. The van der Waals surface area contributed by atoms with E-state index in [1.165, 1.54) is 37.1 Å². The van der Waals surface area contributed by atoms with Crippen molar-refractivity contribution in [1.29, 1.82) is 0 Å². The summed E-state index contributed by atoms with van der Waals surface area (Å²) in [6, 6.07) is 7.11. The predicted octanol–water partition coefficient (Wildman–Crippen LogP) is 4.39. The van der Waals surface area contributed by atoms with E-state index < -0.39 is 0 Å². The fraction of sp³-hybridized carbons (Fsp3) is 0.600. The van der Waals surface area contributed by atoms with Crippen LogP contribution in [0.5, 0.6) is 0 Å². The Morgan fingerprint density at radius 1 is 0.800 bits per heavy atom. The normalized spacial score (nSPS) is 13.3. The van der Waals surface area contributed by atoms with Crippen molar-refractivity contribution in [1.82, 2.24) is 9.80 Å². The van der Waals surface area contributed by atoms with Crippen LogP contribution in [0.4, 0.5) is 0 Å². The van der Waals surface area contributed by atoms with Gasteiger partial charge in [-0.15, -0.1) is 12.4 Å². The number of rotatable bonds is 11. The Bertz CT molecular complexity index is 523. The monoisotopic (exact) mass is 366 g/mol. The van der Waals surface area contributed by atoms with Gasteiger partial charge in [-0.1, -0.05) is 51.7 Å². The molecule has 2 amide bonds. The molecule has 0 radical (unpaired) electrons. The highest BCUT2D eigenvalue weighted by atomic mass is 35.5. The highest BCUT2D eigenvalue weighted by Crippen LogP contribution is 2.22. The number of carbonyl (C=O) groups is 2. The number of hydrogen-bond donors (Lipinski definition) is 0. The van der Waals surface area contributed by atoms with Gasteiger partial charge in [-0.3, -0.25) is 14.5 Å². The van der Waals surface area contributed by atoms with Gasteiger partial charge in [0.05, 0.1) is 11.1 Å². The summed E-state index contributed by atoms with van der Waals surface area (Å²) in [5.41, 5.74) is 1.11. The first-order valence-electron chi connectivity index (χ1n) is 9.36. The predicted molar refractivity (Wildman–Crippen MR) is 105 cm³/mol. The van der Waals surface area contributed by atoms with Crippen LogP contribution in [0.2, 0.25) is 0 Å². The van der Waals surface area contributed by atoms with Gasteiger partial charge >= 0.3 is 0 Å². The van der Waals surface area contributed by atoms with E-state index in [0.29, 0.717) is 17.7 Å². The number of hydrogen-bond acceptors (Lipinski definition) is 3. The standard InChI is InChI=1S/C20H30N2O2.ClH/c1-3-21(4-2)15-11-7-5-6-8-12-16-22-19(23)17-13-9-10-14-18(17)20(22)24;/h9-10,13-14H,3-8,11-12,15-16H2,1-2H3;1H. The van der Waals surface area contributed by atoms with E-state index in [9.17, 15) is 9.59 Å². The molecule has 0 aromatic heterocycles. The zero-order valence-electron chi connectivity index (χ0n) is 15.5. The Kier molecular flexibility index (Phi) is 9.76. The number of imide groups is 1. The second-order valence-electron chi connectivity index (χ2n) is 6.46. The maximum atomic E-state index is 12.2. The molecular formula is C20H31ClN2O2. The fourth-order valence-corrected chi connectivity index (χ4v) is 3.29. The molecule has 1 aromatic carbocycles. The first-order valence-corrected chi connectivity index (χ1v) is 9.36. The van der Waals surface area contributed by atoms with E-state index in [1.54, 1.807) is 12.1 Å². The molecule has 0 atom stereocenters. The van der Waals surface area contributed by atoms with Crippen LogP contribution in [0, 0.1) is 0 Å². The SMILES string of the molecule is CCN(CC)CCCCCCCCN1C(=O)c2ccccc2C1=O.Cl. The summed E-state index contributed by atoms with van der Waals surface area (Å²) in [6.45, 7) is 8.44. The molecule has 1 aromatic rings. The molecule has 4 nitrogen and oxygen atoms in total.